The van der Waals surface area contributed by atoms with E-state index in [0.717, 1.165) is 21.0 Å². The lowest BCUT2D eigenvalue weighted by molar-refractivity contribution is 0.269. The molecule has 0 amide bonds. The summed E-state index contributed by atoms with van der Waals surface area (Å²) in [6.07, 6.45) is 1.53. The number of furan rings is 1. The van der Waals surface area contributed by atoms with Crippen LogP contribution in [0.4, 0.5) is 0 Å². The van der Waals surface area contributed by atoms with Gasteiger partial charge < -0.3 is 13.9 Å². The molecule has 10 heteroatoms. The van der Waals surface area contributed by atoms with Crippen LogP contribution in [-0.2, 0) is 6.61 Å². The number of nitrogens with zero attached hydrogens (tertiary/aromatic N) is 3. The third-order valence-corrected chi connectivity index (χ3v) is 8.62. The van der Waals surface area contributed by atoms with Gasteiger partial charge in [-0.2, -0.15) is 9.78 Å². The number of benzene rings is 4. The second kappa shape index (κ2) is 12.4. The van der Waals surface area contributed by atoms with E-state index in [-0.39, 0.29) is 11.4 Å². The maximum Gasteiger partial charge on any atom is 0.282 e. The zero-order valence-electron chi connectivity index (χ0n) is 23.1. The molecule has 7 nitrogen and oxygen atoms in total. The lowest BCUT2D eigenvalue weighted by Gasteiger charge is -2.16. The summed E-state index contributed by atoms with van der Waals surface area (Å²) in [4.78, 5) is 18.5. The summed E-state index contributed by atoms with van der Waals surface area (Å²) >= 11 is 13.9. The second-order valence-electron chi connectivity index (χ2n) is 9.74. The molecular formula is C33H24Br2ClN3O4. The van der Waals surface area contributed by atoms with Crippen molar-refractivity contribution in [2.75, 3.05) is 6.61 Å². The van der Waals surface area contributed by atoms with Crippen molar-refractivity contribution in [2.45, 2.75) is 20.5 Å². The van der Waals surface area contributed by atoms with Gasteiger partial charge in [-0.25, -0.2) is 4.98 Å². The Morgan fingerprint density at radius 2 is 1.86 bits per heavy atom. The van der Waals surface area contributed by atoms with Gasteiger partial charge in [-0.1, -0.05) is 69.5 Å². The SMILES string of the molecule is CCOc1cc(C=Nn2c(-c3cc4cc(Br)ccc4o3)nc3ccccc3c2=O)c(Br)c(Cl)c1OCc1cccc(C)c1. The minimum Gasteiger partial charge on any atom is -0.490 e. The molecule has 0 saturated carbocycles. The van der Waals surface area contributed by atoms with Gasteiger partial charge in [0.15, 0.2) is 17.3 Å². The van der Waals surface area contributed by atoms with Crippen molar-refractivity contribution in [3.8, 4) is 23.1 Å². The molecular weight excluding hydrogens is 698 g/mol. The smallest absolute Gasteiger partial charge is 0.282 e. The predicted octanol–water partition coefficient (Wildman–Crippen LogP) is 9.16. The van der Waals surface area contributed by atoms with Crippen LogP contribution in [0.25, 0.3) is 33.5 Å². The van der Waals surface area contributed by atoms with Gasteiger partial charge in [0.1, 0.15) is 17.2 Å². The summed E-state index contributed by atoms with van der Waals surface area (Å²) in [5.74, 6) is 1.53. The van der Waals surface area contributed by atoms with E-state index in [2.05, 4.69) is 43.0 Å². The summed E-state index contributed by atoms with van der Waals surface area (Å²) in [7, 11) is 0. The number of aryl methyl sites for hydroxylation is 1. The Hall–Kier alpha value is -3.92. The molecule has 6 aromatic rings. The Bertz CT molecular complexity index is 2090. The molecule has 0 bridgehead atoms. The maximum atomic E-state index is 13.7. The lowest BCUT2D eigenvalue weighted by atomic mass is 10.1. The van der Waals surface area contributed by atoms with Gasteiger partial charge in [0.05, 0.1) is 23.7 Å². The molecule has 0 aliphatic heterocycles. The molecule has 0 radical (unpaired) electrons. The number of hydrogen-bond acceptors (Lipinski definition) is 6. The van der Waals surface area contributed by atoms with Crippen LogP contribution in [0.5, 0.6) is 11.5 Å². The number of rotatable bonds is 8. The molecule has 0 aliphatic carbocycles. The van der Waals surface area contributed by atoms with Gasteiger partial charge in [0.25, 0.3) is 5.56 Å². The van der Waals surface area contributed by atoms with E-state index in [1.54, 1.807) is 24.3 Å². The fourth-order valence-corrected chi connectivity index (χ4v) is 5.72. The molecule has 0 aliphatic rings. The van der Waals surface area contributed by atoms with Crippen molar-refractivity contribution in [2.24, 2.45) is 5.10 Å². The number of halogens is 3. The molecule has 0 fully saturated rings. The third kappa shape index (κ3) is 5.98. The fourth-order valence-electron chi connectivity index (χ4n) is 4.69. The first kappa shape index (κ1) is 29.2. The number of hydrogen-bond donors (Lipinski definition) is 0. The van der Waals surface area contributed by atoms with E-state index in [1.807, 2.05) is 62.4 Å². The zero-order chi connectivity index (χ0) is 30.1. The highest BCUT2D eigenvalue weighted by Gasteiger charge is 2.20. The minimum absolute atomic E-state index is 0.262. The summed E-state index contributed by atoms with van der Waals surface area (Å²) in [5, 5.41) is 6.20. The Balaban J connectivity index is 1.44. The standard InChI is InChI=1S/C33H24Br2ClN3O4/c1-3-41-27-16-22(29(35)30(36)31(27)42-18-20-8-6-7-19(2)13-20)17-37-39-32(38-25-10-5-4-9-24(25)33(39)40)28-15-21-14-23(34)11-12-26(21)43-28/h4-17H,3,18H2,1-2H3. The van der Waals surface area contributed by atoms with Crippen molar-refractivity contribution in [1.82, 2.24) is 9.66 Å². The summed E-state index contributed by atoms with van der Waals surface area (Å²) in [6, 6.07) is 24.5. The molecule has 216 valence electrons. The van der Waals surface area contributed by atoms with Crippen molar-refractivity contribution in [3.63, 3.8) is 0 Å². The minimum atomic E-state index is -0.344. The highest BCUT2D eigenvalue weighted by Crippen LogP contribution is 2.43. The molecule has 6 rings (SSSR count). The van der Waals surface area contributed by atoms with Crippen LogP contribution in [0.2, 0.25) is 5.02 Å². The molecule has 0 atom stereocenters. The first-order chi connectivity index (χ1) is 20.8. The van der Waals surface area contributed by atoms with Crippen LogP contribution in [0.1, 0.15) is 23.6 Å². The van der Waals surface area contributed by atoms with Crippen molar-refractivity contribution < 1.29 is 13.9 Å². The van der Waals surface area contributed by atoms with Crippen LogP contribution >= 0.6 is 43.5 Å². The number of ether oxygens (including phenoxy) is 2. The maximum absolute atomic E-state index is 13.7. The molecule has 0 spiro atoms. The Kier molecular flexibility index (Phi) is 8.38. The Morgan fingerprint density at radius 3 is 2.67 bits per heavy atom. The van der Waals surface area contributed by atoms with Gasteiger partial charge in [-0.05, 0) is 77.8 Å². The van der Waals surface area contributed by atoms with Gasteiger partial charge >= 0.3 is 0 Å². The van der Waals surface area contributed by atoms with E-state index >= 15 is 0 Å². The van der Waals surface area contributed by atoms with Gasteiger partial charge in [-0.3, -0.25) is 4.79 Å². The van der Waals surface area contributed by atoms with Crippen LogP contribution in [-0.4, -0.2) is 22.5 Å². The summed E-state index contributed by atoms with van der Waals surface area (Å²) in [6.45, 7) is 4.63. The highest BCUT2D eigenvalue weighted by molar-refractivity contribution is 9.10. The van der Waals surface area contributed by atoms with Gasteiger partial charge in [0, 0.05) is 19.9 Å². The Morgan fingerprint density at radius 1 is 1.02 bits per heavy atom. The number of fused-ring (bicyclic) bond motifs is 2. The zero-order valence-corrected chi connectivity index (χ0v) is 27.0. The molecule has 4 aromatic carbocycles. The largest absolute Gasteiger partial charge is 0.490 e. The first-order valence-corrected chi connectivity index (χ1v) is 15.4. The van der Waals surface area contributed by atoms with Crippen molar-refractivity contribution in [1.29, 1.82) is 0 Å². The van der Waals surface area contributed by atoms with Crippen LogP contribution < -0.4 is 15.0 Å². The molecule has 2 aromatic heterocycles. The third-order valence-electron chi connectivity index (χ3n) is 6.69. The average Bonchev–Trinajstić information content (AvgIpc) is 3.42. The van der Waals surface area contributed by atoms with E-state index in [1.165, 1.54) is 10.9 Å². The van der Waals surface area contributed by atoms with Gasteiger partial charge in [0.2, 0.25) is 5.82 Å². The van der Waals surface area contributed by atoms with Crippen LogP contribution in [0, 0.1) is 6.92 Å². The number of aromatic nitrogens is 2. The van der Waals surface area contributed by atoms with Gasteiger partial charge in [-0.15, -0.1) is 0 Å². The van der Waals surface area contributed by atoms with Crippen molar-refractivity contribution >= 4 is 71.5 Å². The van der Waals surface area contributed by atoms with Crippen LogP contribution in [0.3, 0.4) is 0 Å². The average molecular weight is 722 g/mol. The topological polar surface area (TPSA) is 78.9 Å². The highest BCUT2D eigenvalue weighted by atomic mass is 79.9. The number of para-hydroxylation sites is 1. The molecule has 43 heavy (non-hydrogen) atoms. The lowest BCUT2D eigenvalue weighted by Crippen LogP contribution is -2.20. The van der Waals surface area contributed by atoms with E-state index in [9.17, 15) is 4.79 Å². The van der Waals surface area contributed by atoms with E-state index in [0.29, 0.717) is 62.0 Å². The van der Waals surface area contributed by atoms with E-state index in [4.69, 9.17) is 30.5 Å². The molecule has 2 heterocycles. The summed E-state index contributed by atoms with van der Waals surface area (Å²) < 4.78 is 20.8. The Labute approximate surface area is 269 Å². The predicted molar refractivity (Wildman–Crippen MR) is 178 cm³/mol. The van der Waals surface area contributed by atoms with Crippen LogP contribution in [0.15, 0.2) is 102 Å². The monoisotopic (exact) mass is 719 g/mol. The normalized spacial score (nSPS) is 11.6. The second-order valence-corrected chi connectivity index (χ2v) is 11.8. The first-order valence-electron chi connectivity index (χ1n) is 13.4. The molecule has 0 unspecified atom stereocenters. The molecule has 0 N–H and O–H groups in total. The van der Waals surface area contributed by atoms with Crippen molar-refractivity contribution in [3.05, 3.63) is 120 Å². The quantitative estimate of drug-likeness (QED) is 0.147. The van der Waals surface area contributed by atoms with E-state index < -0.39 is 0 Å². The summed E-state index contributed by atoms with van der Waals surface area (Å²) in [5.41, 5.74) is 3.58. The molecule has 0 saturated heterocycles. The fraction of sp³-hybridized carbons (Fsp3) is 0.121.